The quantitative estimate of drug-likeness (QED) is 0.228. The molecule has 0 unspecified atom stereocenters. The normalized spacial score (nSPS) is 10.6. The number of hydrogen-bond donors (Lipinski definition) is 3. The molecule has 2 aromatic carbocycles. The summed E-state index contributed by atoms with van der Waals surface area (Å²) < 4.78 is 9.48. The van der Waals surface area contributed by atoms with Crippen molar-refractivity contribution in [2.24, 2.45) is 0 Å². The number of nitrogens with zero attached hydrogens (tertiary/aromatic N) is 5. The molecule has 10 nitrogen and oxygen atoms in total. The molecule has 0 aliphatic heterocycles. The lowest BCUT2D eigenvalue weighted by atomic mass is 10.1. The predicted octanol–water partition coefficient (Wildman–Crippen LogP) is 5.46. The first kappa shape index (κ1) is 24.4. The minimum absolute atomic E-state index is 0.307. The molecule has 0 saturated carbocycles. The molecule has 5 rings (SSSR count). The molecule has 0 atom stereocenters. The molecule has 0 fully saturated rings. The smallest absolute Gasteiger partial charge is 0.319 e. The Morgan fingerprint density at radius 2 is 1.89 bits per heavy atom. The molecule has 0 radical (unpaired) electrons. The Labute approximate surface area is 219 Å². The molecule has 0 aliphatic carbocycles. The van der Waals surface area contributed by atoms with Gasteiger partial charge in [0.1, 0.15) is 17.6 Å². The van der Waals surface area contributed by atoms with Gasteiger partial charge in [0.2, 0.25) is 0 Å². The van der Waals surface area contributed by atoms with Crippen LogP contribution in [0.25, 0.3) is 5.52 Å². The van der Waals surface area contributed by atoms with E-state index in [4.69, 9.17) is 4.74 Å². The zero-order valence-corrected chi connectivity index (χ0v) is 20.8. The monoisotopic (exact) mass is 506 g/mol. The first-order valence-electron chi connectivity index (χ1n) is 12.1. The Morgan fingerprint density at radius 1 is 1.11 bits per heavy atom. The Balaban J connectivity index is 1.29. The number of carbonyl (C=O) groups is 1. The van der Waals surface area contributed by atoms with Crippen molar-refractivity contribution in [2.45, 2.75) is 19.9 Å². The van der Waals surface area contributed by atoms with Gasteiger partial charge in [-0.2, -0.15) is 10.4 Å². The summed E-state index contributed by atoms with van der Waals surface area (Å²) in [5.41, 5.74) is 3.86. The first-order valence-corrected chi connectivity index (χ1v) is 12.1. The summed E-state index contributed by atoms with van der Waals surface area (Å²) in [6.07, 6.45) is 9.37. The molecule has 2 amide bonds. The number of urea groups is 1. The number of hydrogen-bond acceptors (Lipinski definition) is 6. The van der Waals surface area contributed by atoms with Gasteiger partial charge in [-0.1, -0.05) is 18.2 Å². The zero-order valence-electron chi connectivity index (χ0n) is 20.8. The van der Waals surface area contributed by atoms with E-state index in [1.54, 1.807) is 23.2 Å². The number of rotatable bonds is 9. The number of nitriles is 1. The Bertz CT molecular complexity index is 1570. The molecule has 38 heavy (non-hydrogen) atoms. The summed E-state index contributed by atoms with van der Waals surface area (Å²) in [5.74, 6) is 1.45. The summed E-state index contributed by atoms with van der Waals surface area (Å²) in [7, 11) is 0. The van der Waals surface area contributed by atoms with Crippen LogP contribution < -0.4 is 20.7 Å². The van der Waals surface area contributed by atoms with Gasteiger partial charge in [0.15, 0.2) is 0 Å². The third-order valence-corrected chi connectivity index (χ3v) is 5.97. The van der Waals surface area contributed by atoms with Gasteiger partial charge in [-0.3, -0.25) is 0 Å². The number of imidazole rings is 1. The van der Waals surface area contributed by atoms with Crippen LogP contribution >= 0.6 is 0 Å². The van der Waals surface area contributed by atoms with E-state index in [9.17, 15) is 10.1 Å². The molecule has 3 heterocycles. The minimum Gasteiger partial charge on any atom is -0.457 e. The summed E-state index contributed by atoms with van der Waals surface area (Å²) >= 11 is 0. The van der Waals surface area contributed by atoms with Gasteiger partial charge >= 0.3 is 6.03 Å². The fraction of sp³-hybridized carbons (Fsp3) is 0.143. The van der Waals surface area contributed by atoms with E-state index in [1.165, 1.54) is 6.20 Å². The van der Waals surface area contributed by atoms with Gasteiger partial charge < -0.3 is 25.3 Å². The van der Waals surface area contributed by atoms with Crippen molar-refractivity contribution in [1.82, 2.24) is 24.5 Å². The molecule has 5 aromatic rings. The number of benzene rings is 2. The summed E-state index contributed by atoms with van der Waals surface area (Å²) in [6, 6.07) is 18.9. The molecule has 0 bridgehead atoms. The molecule has 0 aliphatic rings. The highest BCUT2D eigenvalue weighted by Crippen LogP contribution is 2.33. The molecule has 10 heteroatoms. The number of aryl methyl sites for hydroxylation is 2. The third-order valence-electron chi connectivity index (χ3n) is 5.97. The second-order valence-corrected chi connectivity index (χ2v) is 8.61. The lowest BCUT2D eigenvalue weighted by Crippen LogP contribution is -2.30. The number of nitrogens with one attached hydrogen (secondary N) is 3. The maximum atomic E-state index is 12.5. The van der Waals surface area contributed by atoms with E-state index in [1.807, 2.05) is 72.3 Å². The molecule has 0 saturated heterocycles. The Morgan fingerprint density at radius 3 is 2.63 bits per heavy atom. The van der Waals surface area contributed by atoms with Crippen LogP contribution in [0.2, 0.25) is 0 Å². The van der Waals surface area contributed by atoms with E-state index in [0.29, 0.717) is 34.7 Å². The number of para-hydroxylation sites is 1. The highest BCUT2D eigenvalue weighted by Gasteiger charge is 2.17. The summed E-state index contributed by atoms with van der Waals surface area (Å²) in [4.78, 5) is 16.5. The predicted molar refractivity (Wildman–Crippen MR) is 145 cm³/mol. The van der Waals surface area contributed by atoms with Crippen LogP contribution in [-0.4, -0.2) is 31.7 Å². The van der Waals surface area contributed by atoms with Crippen LogP contribution in [0.1, 0.15) is 17.5 Å². The van der Waals surface area contributed by atoms with Gasteiger partial charge in [0, 0.05) is 36.7 Å². The van der Waals surface area contributed by atoms with Crippen molar-refractivity contribution in [3.05, 3.63) is 96.8 Å². The van der Waals surface area contributed by atoms with E-state index in [2.05, 4.69) is 32.1 Å². The third kappa shape index (κ3) is 5.57. The highest BCUT2D eigenvalue weighted by molar-refractivity contribution is 5.94. The molecular weight excluding hydrogens is 480 g/mol. The molecule has 190 valence electrons. The number of aromatic nitrogens is 4. The average molecular weight is 507 g/mol. The van der Waals surface area contributed by atoms with Gasteiger partial charge in [0.25, 0.3) is 0 Å². The lowest BCUT2D eigenvalue weighted by Gasteiger charge is -2.12. The van der Waals surface area contributed by atoms with Crippen LogP contribution in [0.5, 0.6) is 11.5 Å². The van der Waals surface area contributed by atoms with Gasteiger partial charge in [-0.05, 0) is 49.7 Å². The van der Waals surface area contributed by atoms with Crippen molar-refractivity contribution in [3.8, 4) is 17.6 Å². The first-order chi connectivity index (χ1) is 18.6. The SMILES string of the molecule is Cc1c(NC(=O)NCCCn2ccnc2)cn2ncc(C#N)c(Nc3ccc(Oc4ccccc4)cc3)c12. The second-order valence-electron chi connectivity index (χ2n) is 8.61. The summed E-state index contributed by atoms with van der Waals surface area (Å²) in [6.45, 7) is 3.17. The molecular formula is C28H26N8O2. The highest BCUT2D eigenvalue weighted by atomic mass is 16.5. The van der Waals surface area contributed by atoms with Crippen molar-refractivity contribution < 1.29 is 9.53 Å². The van der Waals surface area contributed by atoms with Gasteiger partial charge in [-0.15, -0.1) is 0 Å². The minimum atomic E-state index is -0.307. The van der Waals surface area contributed by atoms with Crippen LogP contribution in [-0.2, 0) is 6.54 Å². The van der Waals surface area contributed by atoms with Crippen LogP contribution in [0, 0.1) is 18.3 Å². The molecule has 3 aromatic heterocycles. The van der Waals surface area contributed by atoms with Gasteiger partial charge in [-0.25, -0.2) is 14.3 Å². The van der Waals surface area contributed by atoms with Crippen molar-refractivity contribution in [2.75, 3.05) is 17.2 Å². The van der Waals surface area contributed by atoms with E-state index >= 15 is 0 Å². The number of carbonyl (C=O) groups excluding carboxylic acids is 1. The van der Waals surface area contributed by atoms with Crippen molar-refractivity contribution >= 4 is 28.6 Å². The fourth-order valence-corrected chi connectivity index (χ4v) is 4.05. The maximum absolute atomic E-state index is 12.5. The maximum Gasteiger partial charge on any atom is 0.319 e. The standard InChI is InChI=1S/C28H26N8O2/c1-20-25(34-28(37)31-12-5-14-35-15-13-30-19-35)18-36-27(20)26(21(16-29)17-32-36)33-22-8-10-24(11-9-22)38-23-6-3-2-4-7-23/h2-4,6-11,13,15,17-19,33H,5,12,14H2,1H3,(H2,31,34,37). The number of ether oxygens (including phenoxy) is 1. The van der Waals surface area contributed by atoms with Crippen LogP contribution in [0.3, 0.4) is 0 Å². The van der Waals surface area contributed by atoms with E-state index in [0.717, 1.165) is 30.0 Å². The number of fused-ring (bicyclic) bond motifs is 1. The van der Waals surface area contributed by atoms with E-state index in [-0.39, 0.29) is 6.03 Å². The topological polar surface area (TPSA) is 121 Å². The number of anilines is 3. The van der Waals surface area contributed by atoms with Crippen molar-refractivity contribution in [3.63, 3.8) is 0 Å². The van der Waals surface area contributed by atoms with E-state index < -0.39 is 0 Å². The Kier molecular flexibility index (Phi) is 7.18. The van der Waals surface area contributed by atoms with Gasteiger partial charge in [0.05, 0.1) is 41.2 Å². The average Bonchev–Trinajstić information content (AvgIpc) is 3.56. The molecule has 0 spiro atoms. The summed E-state index contributed by atoms with van der Waals surface area (Å²) in [5, 5.41) is 23.2. The van der Waals surface area contributed by atoms with Crippen molar-refractivity contribution in [1.29, 1.82) is 5.26 Å². The largest absolute Gasteiger partial charge is 0.457 e. The zero-order chi connectivity index (χ0) is 26.3. The molecule has 3 N–H and O–H groups in total. The second kappa shape index (κ2) is 11.2. The van der Waals surface area contributed by atoms with Crippen LogP contribution in [0.15, 0.2) is 85.7 Å². The lowest BCUT2D eigenvalue weighted by molar-refractivity contribution is 0.252. The number of amides is 2. The van der Waals surface area contributed by atoms with Crippen LogP contribution in [0.4, 0.5) is 21.9 Å². The fourth-order valence-electron chi connectivity index (χ4n) is 4.05. The Hall–Kier alpha value is -5.30.